The fourth-order valence-electron chi connectivity index (χ4n) is 9.26. The van der Waals surface area contributed by atoms with E-state index in [0.717, 1.165) is 148 Å². The van der Waals surface area contributed by atoms with Crippen LogP contribution in [0.2, 0.25) is 0 Å². The molecule has 95 heavy (non-hydrogen) atoms. The molecule has 0 heterocycles. The lowest BCUT2D eigenvalue weighted by Gasteiger charge is -2.21. The number of phosphoric ester groups is 2. The van der Waals surface area contributed by atoms with E-state index in [0.29, 0.717) is 19.3 Å². The third-order valence-corrected chi connectivity index (χ3v) is 16.7. The number of carbonyl (C=O) groups is 3. The average molecular weight is 1370 g/mol. The van der Waals surface area contributed by atoms with Gasteiger partial charge in [0.1, 0.15) is 25.4 Å². The van der Waals surface area contributed by atoms with E-state index in [4.69, 9.17) is 32.3 Å². The topological polar surface area (TPSA) is 231 Å². The number of unbranched alkanes of at least 4 members (excludes halogenated alkanes) is 23. The van der Waals surface area contributed by atoms with Crippen molar-refractivity contribution in [2.45, 2.75) is 296 Å². The van der Waals surface area contributed by atoms with Gasteiger partial charge in [0.25, 0.3) is 0 Å². The van der Waals surface area contributed by atoms with Crippen LogP contribution < -0.4 is 0 Å². The molecule has 4 N–H and O–H groups in total. The smallest absolute Gasteiger partial charge is 0.463 e. The minimum Gasteiger partial charge on any atom is -0.463 e. The molecular formula is C77H130O16P2. The minimum atomic E-state index is -4.94. The lowest BCUT2D eigenvalue weighted by molar-refractivity contribution is -0.161. The molecule has 0 aromatic carbocycles. The van der Waals surface area contributed by atoms with Crippen molar-refractivity contribution in [3.05, 3.63) is 134 Å². The van der Waals surface area contributed by atoms with Gasteiger partial charge in [-0.15, -0.1) is 0 Å². The molecule has 0 aliphatic heterocycles. The highest BCUT2D eigenvalue weighted by atomic mass is 31.2. The first-order valence-electron chi connectivity index (χ1n) is 36.5. The van der Waals surface area contributed by atoms with Crippen LogP contribution in [0.1, 0.15) is 278 Å². The van der Waals surface area contributed by atoms with Gasteiger partial charge in [-0.25, -0.2) is 9.13 Å². The Balaban J connectivity index is 4.64. The van der Waals surface area contributed by atoms with Crippen molar-refractivity contribution >= 4 is 33.6 Å². The summed E-state index contributed by atoms with van der Waals surface area (Å²) in [5.41, 5.74) is 0. The number of hydrogen-bond donors (Lipinski definition) is 4. The van der Waals surface area contributed by atoms with E-state index < -0.39 is 91.5 Å². The van der Waals surface area contributed by atoms with Gasteiger partial charge < -0.3 is 34.2 Å². The minimum absolute atomic E-state index is 0.0771. The molecule has 0 aliphatic rings. The molecule has 5 atom stereocenters. The highest BCUT2D eigenvalue weighted by Gasteiger charge is 2.29. The predicted molar refractivity (Wildman–Crippen MR) is 390 cm³/mol. The van der Waals surface area contributed by atoms with E-state index >= 15 is 0 Å². The molecule has 0 amide bonds. The maximum Gasteiger partial charge on any atom is 0.472 e. The Morgan fingerprint density at radius 3 is 0.895 bits per heavy atom. The normalized spacial score (nSPS) is 14.9. The lowest BCUT2D eigenvalue weighted by Crippen LogP contribution is -2.30. The van der Waals surface area contributed by atoms with Crippen LogP contribution in [-0.2, 0) is 55.8 Å². The van der Waals surface area contributed by atoms with E-state index in [1.165, 1.54) is 70.6 Å². The number of hydrogen-bond acceptors (Lipinski definition) is 14. The number of allylic oxidation sites excluding steroid dienone is 22. The summed E-state index contributed by atoms with van der Waals surface area (Å²) in [5, 5.41) is 20.6. The van der Waals surface area contributed by atoms with Gasteiger partial charge in [0.15, 0.2) is 6.10 Å². The van der Waals surface area contributed by atoms with E-state index in [2.05, 4.69) is 154 Å². The Labute approximate surface area is 575 Å². The van der Waals surface area contributed by atoms with Gasteiger partial charge in [-0.3, -0.25) is 32.5 Å². The number of ether oxygens (including phenoxy) is 3. The average Bonchev–Trinajstić information content (AvgIpc) is 2.13. The van der Waals surface area contributed by atoms with Gasteiger partial charge in [-0.05, 0) is 141 Å². The molecule has 0 saturated carbocycles. The number of aliphatic hydroxyl groups excluding tert-OH is 2. The molecule has 18 heteroatoms. The van der Waals surface area contributed by atoms with Crippen LogP contribution in [0.15, 0.2) is 134 Å². The summed E-state index contributed by atoms with van der Waals surface area (Å²) in [5.74, 6) is -1.64. The third kappa shape index (κ3) is 70.8. The molecule has 0 aliphatic carbocycles. The van der Waals surface area contributed by atoms with Crippen molar-refractivity contribution in [3.63, 3.8) is 0 Å². The molecule has 544 valence electrons. The Bertz CT molecular complexity index is 2260. The molecule has 0 aromatic heterocycles. The third-order valence-electron chi connectivity index (χ3n) is 14.8. The van der Waals surface area contributed by atoms with E-state index in [-0.39, 0.29) is 19.3 Å². The number of esters is 3. The van der Waals surface area contributed by atoms with Crippen molar-refractivity contribution < 1.29 is 75.8 Å². The fraction of sp³-hybridized carbons (Fsp3) is 0.675. The summed E-state index contributed by atoms with van der Waals surface area (Å²) in [7, 11) is -9.80. The van der Waals surface area contributed by atoms with Crippen LogP contribution in [0, 0.1) is 0 Å². The molecule has 0 bridgehead atoms. The summed E-state index contributed by atoms with van der Waals surface area (Å²) in [6.45, 7) is 2.43. The summed E-state index contributed by atoms with van der Waals surface area (Å²) >= 11 is 0. The quantitative estimate of drug-likeness (QED) is 0.0146. The number of carbonyl (C=O) groups excluding carboxylic acids is 3. The highest BCUT2D eigenvalue weighted by molar-refractivity contribution is 7.47. The second kappa shape index (κ2) is 69.6. The first-order chi connectivity index (χ1) is 46.2. The van der Waals surface area contributed by atoms with E-state index in [1.807, 2.05) is 0 Å². The Morgan fingerprint density at radius 2 is 0.558 bits per heavy atom. The standard InChI is InChI=1S/C77H130O16P2/c1-4-7-10-13-16-19-22-25-28-30-32-33-34-35-36-37-39-41-43-45-48-51-54-57-60-63-75(80)87-66-72(78)67-89-94(83,84)90-68-73(79)69-91-95(85,86)92-71-74(93-77(82)65-62-59-56-53-50-47-42-27-24-21-18-15-12-9-6-3)70-88-76(81)64-61-58-55-52-49-46-44-40-38-31-29-26-23-20-17-14-11-8-5-2/h8,11,16-21,25-29,32-33,35-36,38,40,42,46,49,72-74,78-79H,4-7,9-10,12-15,22-24,30-31,34,37,39,41,43-45,47-48,50-71H2,1-3H3,(H,83,84)(H,85,86)/b11-8-,19-16-,20-17-,21-18-,28-25-,29-26-,33-32-,36-35-,40-38-,42-27-,49-46-. The zero-order valence-electron chi connectivity index (χ0n) is 59.0. The molecule has 0 rings (SSSR count). The van der Waals surface area contributed by atoms with Gasteiger partial charge in [0.2, 0.25) is 0 Å². The largest absolute Gasteiger partial charge is 0.472 e. The fourth-order valence-corrected chi connectivity index (χ4v) is 10.8. The van der Waals surface area contributed by atoms with E-state index in [9.17, 15) is 43.5 Å². The summed E-state index contributed by atoms with van der Waals surface area (Å²) in [6, 6.07) is 0. The monoisotopic (exact) mass is 1370 g/mol. The number of aliphatic hydroxyl groups is 2. The first-order valence-corrected chi connectivity index (χ1v) is 39.5. The van der Waals surface area contributed by atoms with Crippen LogP contribution in [0.5, 0.6) is 0 Å². The number of rotatable bonds is 68. The maximum atomic E-state index is 12.9. The second-order valence-electron chi connectivity index (χ2n) is 24.0. The zero-order valence-corrected chi connectivity index (χ0v) is 60.8. The van der Waals surface area contributed by atoms with Crippen LogP contribution in [-0.4, -0.2) is 95.9 Å². The summed E-state index contributed by atoms with van der Waals surface area (Å²) in [6.07, 6.45) is 82.1. The lowest BCUT2D eigenvalue weighted by atomic mass is 10.1. The van der Waals surface area contributed by atoms with Gasteiger partial charge in [0, 0.05) is 19.3 Å². The first kappa shape index (κ1) is 90.7. The van der Waals surface area contributed by atoms with Gasteiger partial charge in [0.05, 0.1) is 26.4 Å². The summed E-state index contributed by atoms with van der Waals surface area (Å²) in [4.78, 5) is 58.5. The van der Waals surface area contributed by atoms with Crippen molar-refractivity contribution in [3.8, 4) is 0 Å². The van der Waals surface area contributed by atoms with E-state index in [1.54, 1.807) is 0 Å². The maximum absolute atomic E-state index is 12.9. The molecule has 0 saturated heterocycles. The highest BCUT2D eigenvalue weighted by Crippen LogP contribution is 2.45. The van der Waals surface area contributed by atoms with Crippen molar-refractivity contribution in [1.29, 1.82) is 0 Å². The molecule has 5 unspecified atom stereocenters. The summed E-state index contributed by atoms with van der Waals surface area (Å²) < 4.78 is 60.9. The predicted octanol–water partition coefficient (Wildman–Crippen LogP) is 20.8. The van der Waals surface area contributed by atoms with Crippen LogP contribution in [0.4, 0.5) is 0 Å². The van der Waals surface area contributed by atoms with Crippen molar-refractivity contribution in [2.24, 2.45) is 0 Å². The second-order valence-corrected chi connectivity index (χ2v) is 26.9. The molecule has 0 radical (unpaired) electrons. The Morgan fingerprint density at radius 1 is 0.305 bits per heavy atom. The molecule has 0 fully saturated rings. The molecule has 0 aromatic rings. The van der Waals surface area contributed by atoms with Crippen molar-refractivity contribution in [1.82, 2.24) is 0 Å². The van der Waals surface area contributed by atoms with Gasteiger partial charge >= 0.3 is 33.6 Å². The zero-order chi connectivity index (χ0) is 69.5. The number of phosphoric acid groups is 2. The van der Waals surface area contributed by atoms with Crippen LogP contribution >= 0.6 is 15.6 Å². The Kier molecular flexibility index (Phi) is 66.4. The van der Waals surface area contributed by atoms with Gasteiger partial charge in [-0.2, -0.15) is 0 Å². The van der Waals surface area contributed by atoms with Gasteiger partial charge in [-0.1, -0.05) is 251 Å². The SMILES string of the molecule is CC/C=C\C/C=C\C/C=C\C/C=C\C/C=C\CCCCCC(=O)OCC(COP(=O)(O)OCC(O)COP(=O)(O)OCC(O)COC(=O)CCCCCCCCCCC/C=C\C/C=C\C/C=C\C/C=C\CCCCC)OC(=O)CCCCCCC/C=C\C/C=C\CCCCC. The van der Waals surface area contributed by atoms with Crippen LogP contribution in [0.25, 0.3) is 0 Å². The molecule has 0 spiro atoms. The molecule has 16 nitrogen and oxygen atoms in total. The molecular weight excluding hydrogens is 1240 g/mol. The van der Waals surface area contributed by atoms with Crippen molar-refractivity contribution in [2.75, 3.05) is 39.6 Å². The Hall–Kier alpha value is -4.31. The van der Waals surface area contributed by atoms with Crippen LogP contribution in [0.3, 0.4) is 0 Å².